The summed E-state index contributed by atoms with van der Waals surface area (Å²) in [6.45, 7) is 8.81. The van der Waals surface area contributed by atoms with Gasteiger partial charge in [0, 0.05) is 25.6 Å². The van der Waals surface area contributed by atoms with Crippen molar-refractivity contribution >= 4 is 5.97 Å². The molecule has 1 heterocycles. The molecule has 220 valence electrons. The van der Waals surface area contributed by atoms with Gasteiger partial charge in [-0.25, -0.2) is 0 Å². The molecule has 1 fully saturated rings. The van der Waals surface area contributed by atoms with Crippen molar-refractivity contribution in [2.24, 2.45) is 0 Å². The van der Waals surface area contributed by atoms with Gasteiger partial charge >= 0.3 is 5.97 Å². The molecule has 0 aromatic heterocycles. The maximum Gasteiger partial charge on any atom is 0.305 e. The Morgan fingerprint density at radius 3 is 1.95 bits per heavy atom. The number of rotatable bonds is 18. The van der Waals surface area contributed by atoms with E-state index in [0.29, 0.717) is 43.4 Å². The molecule has 0 spiro atoms. The van der Waals surface area contributed by atoms with Crippen LogP contribution in [0.5, 0.6) is 11.5 Å². The van der Waals surface area contributed by atoms with E-state index in [2.05, 4.69) is 21.9 Å². The third kappa shape index (κ3) is 12.2. The second kappa shape index (κ2) is 18.7. The molecule has 0 atom stereocenters. The molecule has 8 heteroatoms. The zero-order valence-electron chi connectivity index (χ0n) is 24.4. The summed E-state index contributed by atoms with van der Waals surface area (Å²) in [5.41, 5.74) is 1.28. The average molecular weight is 561 g/mol. The smallest absolute Gasteiger partial charge is 0.305 e. The van der Waals surface area contributed by atoms with Gasteiger partial charge in [0.15, 0.2) is 0 Å². The number of esters is 1. The molecule has 0 amide bonds. The topological polar surface area (TPSA) is 98.8 Å². The first-order valence-corrected chi connectivity index (χ1v) is 15.0. The van der Waals surface area contributed by atoms with Gasteiger partial charge in [-0.1, -0.05) is 6.42 Å². The number of carbonyl (C=O) groups is 1. The number of piperidine rings is 1. The van der Waals surface area contributed by atoms with Gasteiger partial charge in [-0.05, 0) is 114 Å². The summed E-state index contributed by atoms with van der Waals surface area (Å²) >= 11 is 0. The summed E-state index contributed by atoms with van der Waals surface area (Å²) in [4.78, 5) is 16.8. The minimum atomic E-state index is -0.0982. The van der Waals surface area contributed by atoms with Gasteiger partial charge in [-0.2, -0.15) is 10.5 Å². The van der Waals surface area contributed by atoms with Crippen LogP contribution in [0.1, 0.15) is 69.4 Å². The van der Waals surface area contributed by atoms with E-state index in [0.717, 1.165) is 89.2 Å². The molecule has 41 heavy (non-hydrogen) atoms. The Kier molecular flexibility index (Phi) is 14.6. The lowest BCUT2D eigenvalue weighted by Gasteiger charge is -2.38. The second-order valence-electron chi connectivity index (χ2n) is 10.4. The number of likely N-dealkylation sites (tertiary alicyclic amines) is 1. The minimum absolute atomic E-state index is 0.0982. The van der Waals surface area contributed by atoms with E-state index in [1.807, 2.05) is 31.2 Å². The molecule has 0 N–H and O–H groups in total. The predicted octanol–water partition coefficient (Wildman–Crippen LogP) is 5.56. The molecule has 2 aromatic carbocycles. The Bertz CT molecular complexity index is 1100. The minimum Gasteiger partial charge on any atom is -0.494 e. The van der Waals surface area contributed by atoms with Crippen molar-refractivity contribution in [2.45, 2.75) is 64.3 Å². The number of nitrogens with zero attached hydrogens (tertiary/aromatic N) is 4. The number of nitriles is 2. The third-order valence-electron chi connectivity index (χ3n) is 7.42. The molecule has 2 aromatic rings. The molecule has 0 radical (unpaired) electrons. The Labute approximate surface area is 245 Å². The highest BCUT2D eigenvalue weighted by Gasteiger charge is 2.24. The van der Waals surface area contributed by atoms with Crippen molar-refractivity contribution in [1.82, 2.24) is 9.80 Å². The van der Waals surface area contributed by atoms with E-state index in [-0.39, 0.29) is 5.97 Å². The van der Waals surface area contributed by atoms with Crippen molar-refractivity contribution in [2.75, 3.05) is 52.5 Å². The first-order chi connectivity index (χ1) is 20.1. The Hall–Kier alpha value is -3.59. The van der Waals surface area contributed by atoms with Gasteiger partial charge in [0.2, 0.25) is 0 Å². The zero-order valence-corrected chi connectivity index (χ0v) is 24.4. The fraction of sp³-hybridized carbons (Fsp3) is 0.545. The van der Waals surface area contributed by atoms with Crippen LogP contribution in [0.3, 0.4) is 0 Å². The monoisotopic (exact) mass is 560 g/mol. The standard InChI is InChI=1S/C33H44N4O4/c1-2-39-33(38)8-4-3-5-20-37(21-7-25-41-32-15-11-29(27-35)12-16-32)30-17-22-36(23-18-30)19-6-24-40-31-13-9-28(26-34)10-14-31/h9-16,30H,2-8,17-25H2,1H3. The van der Waals surface area contributed by atoms with Crippen molar-refractivity contribution in [3.63, 3.8) is 0 Å². The van der Waals surface area contributed by atoms with E-state index >= 15 is 0 Å². The highest BCUT2D eigenvalue weighted by atomic mass is 16.5. The van der Waals surface area contributed by atoms with Crippen molar-refractivity contribution < 1.29 is 19.0 Å². The summed E-state index contributed by atoms with van der Waals surface area (Å²) in [5, 5.41) is 17.9. The Morgan fingerprint density at radius 1 is 0.829 bits per heavy atom. The molecule has 0 saturated carbocycles. The van der Waals surface area contributed by atoms with Crippen molar-refractivity contribution in [1.29, 1.82) is 10.5 Å². The largest absolute Gasteiger partial charge is 0.494 e. The van der Waals surface area contributed by atoms with Crippen molar-refractivity contribution in [3.05, 3.63) is 59.7 Å². The number of hydrogen-bond acceptors (Lipinski definition) is 8. The van der Waals surface area contributed by atoms with Crippen LogP contribution in [0.4, 0.5) is 0 Å². The van der Waals surface area contributed by atoms with E-state index in [1.54, 1.807) is 24.3 Å². The molecule has 1 saturated heterocycles. The van der Waals surface area contributed by atoms with Crippen LogP contribution in [0.25, 0.3) is 0 Å². The molecule has 0 bridgehead atoms. The average Bonchev–Trinajstić information content (AvgIpc) is 3.01. The molecule has 3 rings (SSSR count). The number of unbranched alkanes of at least 4 members (excludes halogenated alkanes) is 2. The highest BCUT2D eigenvalue weighted by molar-refractivity contribution is 5.69. The van der Waals surface area contributed by atoms with E-state index in [4.69, 9.17) is 24.7 Å². The molecular weight excluding hydrogens is 516 g/mol. The van der Waals surface area contributed by atoms with Gasteiger partial charge in [0.25, 0.3) is 0 Å². The molecule has 0 unspecified atom stereocenters. The quantitative estimate of drug-likeness (QED) is 0.173. The molecule has 8 nitrogen and oxygen atoms in total. The van der Waals surface area contributed by atoms with Crippen LogP contribution in [-0.4, -0.2) is 74.4 Å². The predicted molar refractivity (Wildman–Crippen MR) is 159 cm³/mol. The van der Waals surface area contributed by atoms with E-state index in [9.17, 15) is 4.79 Å². The lowest BCUT2D eigenvalue weighted by Crippen LogP contribution is -2.46. The first-order valence-electron chi connectivity index (χ1n) is 15.0. The summed E-state index contributed by atoms with van der Waals surface area (Å²) < 4.78 is 16.8. The fourth-order valence-electron chi connectivity index (χ4n) is 5.17. The molecule has 1 aliphatic heterocycles. The van der Waals surface area contributed by atoms with Gasteiger partial charge < -0.3 is 24.0 Å². The fourth-order valence-corrected chi connectivity index (χ4v) is 5.17. The number of hydrogen-bond donors (Lipinski definition) is 0. The summed E-state index contributed by atoms with van der Waals surface area (Å²) in [6, 6.07) is 19.4. The van der Waals surface area contributed by atoms with Crippen LogP contribution in [0.15, 0.2) is 48.5 Å². The number of ether oxygens (including phenoxy) is 3. The summed E-state index contributed by atoms with van der Waals surface area (Å²) in [6.07, 6.45) is 7.68. The zero-order chi connectivity index (χ0) is 29.1. The van der Waals surface area contributed by atoms with Gasteiger partial charge in [0.1, 0.15) is 11.5 Å². The van der Waals surface area contributed by atoms with E-state index in [1.165, 1.54) is 0 Å². The third-order valence-corrected chi connectivity index (χ3v) is 7.42. The van der Waals surface area contributed by atoms with Gasteiger partial charge in [-0.3, -0.25) is 4.79 Å². The maximum absolute atomic E-state index is 11.7. The Balaban J connectivity index is 1.38. The summed E-state index contributed by atoms with van der Waals surface area (Å²) in [5.74, 6) is 1.51. The number of carbonyl (C=O) groups excluding carboxylic acids is 1. The normalized spacial score (nSPS) is 13.9. The van der Waals surface area contributed by atoms with Crippen LogP contribution in [0.2, 0.25) is 0 Å². The highest BCUT2D eigenvalue weighted by Crippen LogP contribution is 2.19. The second-order valence-corrected chi connectivity index (χ2v) is 10.4. The molecule has 1 aliphatic rings. The first kappa shape index (κ1) is 31.9. The SMILES string of the molecule is CCOC(=O)CCCCCN(CCCOc1ccc(C#N)cc1)C1CCN(CCCOc2ccc(C#N)cc2)CC1. The molecular formula is C33H44N4O4. The van der Waals surface area contributed by atoms with Gasteiger partial charge in [0.05, 0.1) is 43.1 Å². The van der Waals surface area contributed by atoms with E-state index < -0.39 is 0 Å². The van der Waals surface area contributed by atoms with Gasteiger partial charge in [-0.15, -0.1) is 0 Å². The van der Waals surface area contributed by atoms with Crippen molar-refractivity contribution in [3.8, 4) is 23.6 Å². The lowest BCUT2D eigenvalue weighted by molar-refractivity contribution is -0.143. The summed E-state index contributed by atoms with van der Waals surface area (Å²) in [7, 11) is 0. The van der Waals surface area contributed by atoms with Crippen LogP contribution >= 0.6 is 0 Å². The van der Waals surface area contributed by atoms with Crippen LogP contribution in [-0.2, 0) is 9.53 Å². The Morgan fingerprint density at radius 2 is 1.39 bits per heavy atom. The number of benzene rings is 2. The maximum atomic E-state index is 11.7. The van der Waals surface area contributed by atoms with Crippen LogP contribution < -0.4 is 9.47 Å². The molecule has 0 aliphatic carbocycles. The lowest BCUT2D eigenvalue weighted by atomic mass is 10.0. The van der Waals surface area contributed by atoms with Crippen LogP contribution in [0, 0.1) is 22.7 Å².